The molecule has 3 rings (SSSR count). The largest absolute Gasteiger partial charge is 0.332 e. The minimum Gasteiger partial charge on any atom is -0.332 e. The first-order valence-corrected chi connectivity index (χ1v) is 11.7. The van der Waals surface area contributed by atoms with Crippen molar-refractivity contribution in [2.45, 2.75) is 38.0 Å². The molecular weight excluding hydrogens is 392 g/mol. The van der Waals surface area contributed by atoms with Crippen LogP contribution in [0.15, 0.2) is 52.1 Å². The summed E-state index contributed by atoms with van der Waals surface area (Å²) in [6.45, 7) is 7.68. The maximum absolute atomic E-state index is 12.8. The quantitative estimate of drug-likeness (QED) is 0.416. The van der Waals surface area contributed by atoms with Crippen molar-refractivity contribution < 1.29 is 4.79 Å². The van der Waals surface area contributed by atoms with Gasteiger partial charge in [0.15, 0.2) is 0 Å². The highest BCUT2D eigenvalue weighted by atomic mass is 32.2. The van der Waals surface area contributed by atoms with E-state index in [4.69, 9.17) is 4.98 Å². The van der Waals surface area contributed by atoms with E-state index in [1.54, 1.807) is 23.1 Å². The number of carbonyl (C=O) groups is 1. The van der Waals surface area contributed by atoms with Crippen molar-refractivity contribution in [3.63, 3.8) is 0 Å². The number of nitrogens with zero attached hydrogens (tertiary/aromatic N) is 2. The number of thiophene rings is 1. The molecule has 0 aliphatic carbocycles. The molecule has 0 atom stereocenters. The normalized spacial score (nSPS) is 11.1. The van der Waals surface area contributed by atoms with Gasteiger partial charge in [-0.15, -0.1) is 34.4 Å². The van der Waals surface area contributed by atoms with E-state index in [9.17, 15) is 4.79 Å². The summed E-state index contributed by atoms with van der Waals surface area (Å²) in [5, 5.41) is 5.13. The van der Waals surface area contributed by atoms with E-state index < -0.39 is 0 Å². The number of rotatable bonds is 8. The van der Waals surface area contributed by atoms with Gasteiger partial charge in [-0.05, 0) is 36.4 Å². The van der Waals surface area contributed by atoms with Gasteiger partial charge in [-0.2, -0.15) is 0 Å². The molecule has 0 N–H and O–H groups in total. The second-order valence-corrected chi connectivity index (χ2v) is 9.83. The first kappa shape index (κ1) is 20.1. The van der Waals surface area contributed by atoms with Gasteiger partial charge in [0, 0.05) is 16.8 Å². The van der Waals surface area contributed by atoms with Gasteiger partial charge in [0.2, 0.25) is 0 Å². The first-order valence-electron chi connectivity index (χ1n) is 8.97. The van der Waals surface area contributed by atoms with Crippen molar-refractivity contribution in [2.24, 2.45) is 5.92 Å². The zero-order valence-electron chi connectivity index (χ0n) is 15.8. The molecule has 0 radical (unpaired) electrons. The van der Waals surface area contributed by atoms with Gasteiger partial charge in [0.05, 0.1) is 22.9 Å². The predicted molar refractivity (Wildman–Crippen MR) is 117 cm³/mol. The van der Waals surface area contributed by atoms with Crippen molar-refractivity contribution in [3.8, 4) is 0 Å². The Labute approximate surface area is 173 Å². The van der Waals surface area contributed by atoms with Crippen LogP contribution in [0.25, 0.3) is 0 Å². The molecule has 142 valence electrons. The zero-order chi connectivity index (χ0) is 19.2. The van der Waals surface area contributed by atoms with E-state index in [2.05, 4.69) is 50.4 Å². The molecular formula is C21H24N2OS3. The van der Waals surface area contributed by atoms with Gasteiger partial charge in [-0.1, -0.05) is 37.6 Å². The van der Waals surface area contributed by atoms with Crippen LogP contribution in [0, 0.1) is 12.8 Å². The summed E-state index contributed by atoms with van der Waals surface area (Å²) in [4.78, 5) is 21.5. The highest BCUT2D eigenvalue weighted by Crippen LogP contribution is 2.25. The lowest BCUT2D eigenvalue weighted by Crippen LogP contribution is -2.33. The lowest BCUT2D eigenvalue weighted by atomic mass is 10.2. The fourth-order valence-corrected chi connectivity index (χ4v) is 5.07. The van der Waals surface area contributed by atoms with Crippen LogP contribution < -0.4 is 0 Å². The first-order chi connectivity index (χ1) is 13.0. The van der Waals surface area contributed by atoms with E-state index >= 15 is 0 Å². The lowest BCUT2D eigenvalue weighted by molar-refractivity contribution is 0.0725. The maximum atomic E-state index is 12.8. The number of aryl methyl sites for hydroxylation is 1. The fourth-order valence-electron chi connectivity index (χ4n) is 2.68. The second-order valence-electron chi connectivity index (χ2n) is 6.89. The van der Waals surface area contributed by atoms with Crippen molar-refractivity contribution in [1.82, 2.24) is 9.88 Å². The molecule has 0 aliphatic heterocycles. The second kappa shape index (κ2) is 9.53. The third kappa shape index (κ3) is 5.92. The molecule has 0 saturated heterocycles. The standard InChI is InChI=1S/C21H24N2OS3/c1-15(2)11-23(21(24)19-5-4-10-25-19)12-17-13-27-20(22-17)14-26-18-8-6-16(3)7-9-18/h4-10,13,15H,11-12,14H2,1-3H3. The minimum absolute atomic E-state index is 0.0993. The van der Waals surface area contributed by atoms with Crippen molar-refractivity contribution in [2.75, 3.05) is 6.54 Å². The summed E-state index contributed by atoms with van der Waals surface area (Å²) in [6, 6.07) is 12.4. The van der Waals surface area contributed by atoms with Crippen molar-refractivity contribution >= 4 is 40.3 Å². The molecule has 0 unspecified atom stereocenters. The van der Waals surface area contributed by atoms with Gasteiger partial charge in [0.25, 0.3) is 5.91 Å². The van der Waals surface area contributed by atoms with Crippen LogP contribution in [0.5, 0.6) is 0 Å². The highest BCUT2D eigenvalue weighted by molar-refractivity contribution is 7.98. The van der Waals surface area contributed by atoms with Crippen molar-refractivity contribution in [3.05, 3.63) is 68.3 Å². The number of benzene rings is 1. The highest BCUT2D eigenvalue weighted by Gasteiger charge is 2.19. The van der Waals surface area contributed by atoms with E-state index in [-0.39, 0.29) is 5.91 Å². The Morgan fingerprint density at radius 3 is 2.63 bits per heavy atom. The van der Waals surface area contributed by atoms with Crippen LogP contribution in [0.2, 0.25) is 0 Å². The number of hydrogen-bond donors (Lipinski definition) is 0. The van der Waals surface area contributed by atoms with Crippen LogP contribution in [0.4, 0.5) is 0 Å². The Kier molecular flexibility index (Phi) is 7.10. The summed E-state index contributed by atoms with van der Waals surface area (Å²) in [5.41, 5.74) is 2.25. The molecule has 27 heavy (non-hydrogen) atoms. The molecule has 0 fully saturated rings. The van der Waals surface area contributed by atoms with Gasteiger partial charge in [0.1, 0.15) is 5.01 Å². The Hall–Kier alpha value is -1.63. The molecule has 3 aromatic rings. The molecule has 3 nitrogen and oxygen atoms in total. The van der Waals surface area contributed by atoms with Gasteiger partial charge >= 0.3 is 0 Å². The SMILES string of the molecule is Cc1ccc(SCc2nc(CN(CC(C)C)C(=O)c3cccs3)cs2)cc1. The Morgan fingerprint density at radius 2 is 1.96 bits per heavy atom. The number of hydrogen-bond acceptors (Lipinski definition) is 5. The number of amides is 1. The Balaban J connectivity index is 1.63. The average molecular weight is 417 g/mol. The molecule has 6 heteroatoms. The van der Waals surface area contributed by atoms with Crippen LogP contribution >= 0.6 is 34.4 Å². The number of carbonyl (C=O) groups excluding carboxylic acids is 1. The third-order valence-electron chi connectivity index (χ3n) is 3.94. The summed E-state index contributed by atoms with van der Waals surface area (Å²) in [7, 11) is 0. The van der Waals surface area contributed by atoms with E-state index in [0.717, 1.165) is 27.9 Å². The molecule has 1 amide bonds. The average Bonchev–Trinajstić information content (AvgIpc) is 3.32. The maximum Gasteiger partial charge on any atom is 0.264 e. The molecule has 0 spiro atoms. The fraction of sp³-hybridized carbons (Fsp3) is 0.333. The minimum atomic E-state index is 0.0993. The van der Waals surface area contributed by atoms with E-state index in [1.807, 2.05) is 22.4 Å². The summed E-state index contributed by atoms with van der Waals surface area (Å²) < 4.78 is 0. The molecule has 2 heterocycles. The molecule has 2 aromatic heterocycles. The van der Waals surface area contributed by atoms with Gasteiger partial charge in [-0.25, -0.2) is 4.98 Å². The number of aromatic nitrogens is 1. The third-order valence-corrected chi connectivity index (χ3v) is 6.90. The van der Waals surface area contributed by atoms with Crippen molar-refractivity contribution in [1.29, 1.82) is 0 Å². The molecule has 0 bridgehead atoms. The van der Waals surface area contributed by atoms with Gasteiger partial charge < -0.3 is 4.90 Å². The van der Waals surface area contributed by atoms with E-state index in [1.165, 1.54) is 21.8 Å². The summed E-state index contributed by atoms with van der Waals surface area (Å²) >= 11 is 4.97. The van der Waals surface area contributed by atoms with Gasteiger partial charge in [-0.3, -0.25) is 4.79 Å². The van der Waals surface area contributed by atoms with Crippen LogP contribution in [-0.2, 0) is 12.3 Å². The van der Waals surface area contributed by atoms with Crippen LogP contribution in [0.3, 0.4) is 0 Å². The summed E-state index contributed by atoms with van der Waals surface area (Å²) in [6.07, 6.45) is 0. The topological polar surface area (TPSA) is 33.2 Å². The predicted octanol–water partition coefficient (Wildman–Crippen LogP) is 6.10. The zero-order valence-corrected chi connectivity index (χ0v) is 18.3. The summed E-state index contributed by atoms with van der Waals surface area (Å²) in [5.74, 6) is 1.38. The van der Waals surface area contributed by atoms with Crippen LogP contribution in [0.1, 0.15) is 39.8 Å². The molecule has 0 aliphatic rings. The monoisotopic (exact) mass is 416 g/mol. The Bertz CT molecular complexity index is 854. The smallest absolute Gasteiger partial charge is 0.264 e. The molecule has 0 saturated carbocycles. The Morgan fingerprint density at radius 1 is 1.19 bits per heavy atom. The molecule has 1 aromatic carbocycles. The van der Waals surface area contributed by atoms with E-state index in [0.29, 0.717) is 12.5 Å². The number of thiazole rings is 1. The van der Waals surface area contributed by atoms with Crippen LogP contribution in [-0.4, -0.2) is 22.3 Å². The number of thioether (sulfide) groups is 1. The lowest BCUT2D eigenvalue weighted by Gasteiger charge is -2.23.